The molecule has 3 atom stereocenters. The number of halogens is 1. The van der Waals surface area contributed by atoms with Gasteiger partial charge in [-0.2, -0.15) is 0 Å². The molecule has 46 heavy (non-hydrogen) atoms. The van der Waals surface area contributed by atoms with Gasteiger partial charge in [-0.1, -0.05) is 63.5 Å². The van der Waals surface area contributed by atoms with Gasteiger partial charge in [-0.25, -0.2) is 14.0 Å². The zero-order chi connectivity index (χ0) is 33.2. The number of rotatable bonds is 9. The van der Waals surface area contributed by atoms with E-state index in [1.165, 1.54) is 47.4 Å². The lowest BCUT2D eigenvalue weighted by Gasteiger charge is -2.15. The van der Waals surface area contributed by atoms with Gasteiger partial charge in [0.05, 0.1) is 31.9 Å². The maximum Gasteiger partial charge on any atom is 0.347 e. The molecule has 0 saturated carbocycles. The van der Waals surface area contributed by atoms with E-state index in [1.54, 1.807) is 31.2 Å². The van der Waals surface area contributed by atoms with Crippen molar-refractivity contribution in [2.24, 2.45) is 7.05 Å². The average molecular weight is 676 g/mol. The third kappa shape index (κ3) is 8.24. The lowest BCUT2D eigenvalue weighted by atomic mass is 10.0. The van der Waals surface area contributed by atoms with E-state index < -0.39 is 28.9 Å². The number of pyridine rings is 2. The van der Waals surface area contributed by atoms with Crippen molar-refractivity contribution >= 4 is 65.0 Å². The van der Waals surface area contributed by atoms with Gasteiger partial charge in [0.2, 0.25) is 0 Å². The van der Waals surface area contributed by atoms with Crippen LogP contribution in [0.25, 0.3) is 11.0 Å². The molecule has 3 unspecified atom stereocenters. The average Bonchev–Trinajstić information content (AvgIpc) is 3.08. The Morgan fingerprint density at radius 1 is 1.04 bits per heavy atom. The molecule has 0 radical (unpaired) electrons. The predicted octanol–water partition coefficient (Wildman–Crippen LogP) is 6.48. The third-order valence-corrected chi connectivity index (χ3v) is 12.3. The Bertz CT molecular complexity index is 1950. The van der Waals surface area contributed by atoms with Crippen LogP contribution in [0.2, 0.25) is 0 Å². The number of carbonyl (C=O) groups excluding carboxylic acids is 3. The monoisotopic (exact) mass is 675 g/mol. The second-order valence-corrected chi connectivity index (χ2v) is 16.8. The van der Waals surface area contributed by atoms with Gasteiger partial charge in [0.15, 0.2) is 18.6 Å². The number of carbonyl (C=O) groups is 3. The van der Waals surface area contributed by atoms with Gasteiger partial charge in [-0.3, -0.25) is 14.6 Å². The van der Waals surface area contributed by atoms with Gasteiger partial charge < -0.3 is 14.0 Å². The van der Waals surface area contributed by atoms with Crippen LogP contribution >= 0.6 is 24.1 Å². The largest absolute Gasteiger partial charge is 0.462 e. The van der Waals surface area contributed by atoms with Gasteiger partial charge >= 0.3 is 11.9 Å². The SMILES string of the molecule is C=[PH+]P(P)c1ccccc1.CCOC(=O)c1c(OC(=O)c2ccccc2)c2ncc(Cc3ccc(F)cc3C=O)cc2n(C)c1=O. The van der Waals surface area contributed by atoms with Crippen LogP contribution in [0, 0.1) is 5.82 Å². The van der Waals surface area contributed by atoms with Crippen molar-refractivity contribution in [3.8, 4) is 5.75 Å². The van der Waals surface area contributed by atoms with Crippen LogP contribution in [-0.2, 0) is 18.2 Å². The van der Waals surface area contributed by atoms with Gasteiger partial charge in [-0.05, 0) is 54.8 Å². The third-order valence-electron chi connectivity index (χ3n) is 6.76. The van der Waals surface area contributed by atoms with E-state index in [2.05, 4.69) is 44.5 Å². The van der Waals surface area contributed by atoms with Gasteiger partial charge in [0, 0.05) is 24.1 Å². The van der Waals surface area contributed by atoms with Crippen molar-refractivity contribution in [2.75, 3.05) is 6.61 Å². The second-order valence-electron chi connectivity index (χ2n) is 9.76. The minimum absolute atomic E-state index is 0.00913. The van der Waals surface area contributed by atoms with E-state index in [0.717, 1.165) is 14.0 Å². The number of fused-ring (bicyclic) bond motifs is 1. The van der Waals surface area contributed by atoms with Crippen LogP contribution in [0.5, 0.6) is 5.75 Å². The van der Waals surface area contributed by atoms with Gasteiger partial charge in [0.25, 0.3) is 5.56 Å². The summed E-state index contributed by atoms with van der Waals surface area (Å²) in [6.45, 7) is 1.60. The predicted molar refractivity (Wildman–Crippen MR) is 187 cm³/mol. The van der Waals surface area contributed by atoms with Crippen LogP contribution in [0.15, 0.2) is 95.9 Å². The van der Waals surface area contributed by atoms with Crippen LogP contribution in [-0.4, -0.2) is 40.7 Å². The number of nitrogens with zero attached hydrogens (tertiary/aromatic N) is 2. The second kappa shape index (κ2) is 16.2. The smallest absolute Gasteiger partial charge is 0.347 e. The van der Waals surface area contributed by atoms with E-state index in [-0.39, 0.29) is 48.2 Å². The first-order valence-electron chi connectivity index (χ1n) is 14.0. The number of hydrogen-bond donors (Lipinski definition) is 0. The Morgan fingerprint density at radius 2 is 1.72 bits per heavy atom. The Balaban J connectivity index is 0.000000409. The number of aldehydes is 1. The minimum atomic E-state index is -0.941. The fourth-order valence-electron chi connectivity index (χ4n) is 4.46. The molecule has 0 aliphatic rings. The van der Waals surface area contributed by atoms with Crippen molar-refractivity contribution in [2.45, 2.75) is 13.3 Å². The molecule has 0 saturated heterocycles. The molecule has 2 aromatic heterocycles. The molecule has 12 heteroatoms. The number of hydrogen-bond acceptors (Lipinski definition) is 7. The fourth-order valence-corrected chi connectivity index (χ4v) is 6.65. The van der Waals surface area contributed by atoms with Crippen LogP contribution in [0.4, 0.5) is 4.39 Å². The van der Waals surface area contributed by atoms with Crippen molar-refractivity contribution in [3.63, 3.8) is 0 Å². The van der Waals surface area contributed by atoms with Crippen LogP contribution < -0.4 is 15.6 Å². The van der Waals surface area contributed by atoms with E-state index in [4.69, 9.17) is 9.47 Å². The molecule has 5 rings (SSSR count). The topological polar surface area (TPSA) is 105 Å². The molecule has 0 spiro atoms. The van der Waals surface area contributed by atoms with Gasteiger partial charge in [-0.15, -0.1) is 0 Å². The van der Waals surface area contributed by atoms with Crippen molar-refractivity contribution in [1.82, 2.24) is 9.55 Å². The maximum atomic E-state index is 13.5. The first kappa shape index (κ1) is 34.5. The highest BCUT2D eigenvalue weighted by Crippen LogP contribution is 2.54. The lowest BCUT2D eigenvalue weighted by molar-refractivity contribution is 0.0518. The van der Waals surface area contributed by atoms with Crippen LogP contribution in [0.1, 0.15) is 49.1 Å². The molecule has 0 aliphatic heterocycles. The van der Waals surface area contributed by atoms with Crippen molar-refractivity contribution in [3.05, 3.63) is 135 Å². The van der Waals surface area contributed by atoms with E-state index >= 15 is 0 Å². The molecular formula is C34H31FN2O6P3+. The molecule has 234 valence electrons. The highest BCUT2D eigenvalue weighted by molar-refractivity contribution is 8.49. The Morgan fingerprint density at radius 3 is 2.35 bits per heavy atom. The van der Waals surface area contributed by atoms with Crippen molar-refractivity contribution in [1.29, 1.82) is 0 Å². The normalized spacial score (nSPS) is 11.3. The summed E-state index contributed by atoms with van der Waals surface area (Å²) in [6.07, 6.45) is 6.16. The summed E-state index contributed by atoms with van der Waals surface area (Å²) in [5.41, 5.74) is 0.797. The molecular weight excluding hydrogens is 644 g/mol. The highest BCUT2D eigenvalue weighted by atomic mass is 32.4. The Labute approximate surface area is 270 Å². The Hall–Kier alpha value is -4.41. The zero-order valence-corrected chi connectivity index (χ0v) is 28.2. The summed E-state index contributed by atoms with van der Waals surface area (Å²) in [6, 6.07) is 24.2. The molecule has 8 nitrogen and oxygen atoms in total. The summed E-state index contributed by atoms with van der Waals surface area (Å²) in [4.78, 5) is 54.5. The number of benzene rings is 3. The zero-order valence-electron chi connectivity index (χ0n) is 25.1. The fraction of sp³-hybridized carbons (Fsp3) is 0.118. The first-order valence-corrected chi connectivity index (χ1v) is 19.0. The minimum Gasteiger partial charge on any atom is -0.462 e. The number of ether oxygens (including phenoxy) is 2. The Kier molecular flexibility index (Phi) is 12.2. The molecule has 0 aliphatic carbocycles. The summed E-state index contributed by atoms with van der Waals surface area (Å²) < 4.78 is 25.3. The molecule has 0 fully saturated rings. The highest BCUT2D eigenvalue weighted by Gasteiger charge is 2.27. The van der Waals surface area contributed by atoms with E-state index in [9.17, 15) is 23.6 Å². The number of aryl methyl sites for hydroxylation is 1. The number of esters is 2. The molecule has 2 heterocycles. The van der Waals surface area contributed by atoms with E-state index in [1.807, 2.05) is 6.07 Å². The summed E-state index contributed by atoms with van der Waals surface area (Å²) in [7, 11) is 5.06. The van der Waals surface area contributed by atoms with Gasteiger partial charge in [0.1, 0.15) is 17.6 Å². The molecule has 0 amide bonds. The van der Waals surface area contributed by atoms with Crippen molar-refractivity contribution < 1.29 is 28.2 Å². The molecule has 0 bridgehead atoms. The van der Waals surface area contributed by atoms with Crippen LogP contribution in [0.3, 0.4) is 0 Å². The summed E-state index contributed by atoms with van der Waals surface area (Å²) in [5, 5.41) is 1.43. The maximum absolute atomic E-state index is 13.5. The first-order chi connectivity index (χ1) is 22.2. The summed E-state index contributed by atoms with van der Waals surface area (Å²) in [5.74, 6) is -2.55. The molecule has 0 N–H and O–H groups in total. The molecule has 5 aromatic rings. The van der Waals surface area contributed by atoms with E-state index in [0.29, 0.717) is 17.4 Å². The summed E-state index contributed by atoms with van der Waals surface area (Å²) >= 11 is 0. The number of aromatic nitrogens is 2. The lowest BCUT2D eigenvalue weighted by Crippen LogP contribution is -2.28. The quantitative estimate of drug-likeness (QED) is 0.100. The molecule has 3 aromatic carbocycles. The standard InChI is InChI=1S/C27H21FN2O6.C7H9P3/c1-3-35-27(34)22-24(36-26(33)17-7-5-4-6-8-17)23-21(30(2)25(22)32)12-16(14-29-23)11-18-9-10-20(28)13-19(18)15-31;1-9-10(8)7-5-3-2-4-6-7/h4-10,12-15H,3,11H2,1-2H3;2-6H,1,8H2/p+1.